The van der Waals surface area contributed by atoms with Crippen molar-refractivity contribution < 1.29 is 4.39 Å². The van der Waals surface area contributed by atoms with Crippen molar-refractivity contribution in [2.75, 3.05) is 11.9 Å². The predicted octanol–water partition coefficient (Wildman–Crippen LogP) is 3.11. The second kappa shape index (κ2) is 6.02. The third-order valence-corrected chi connectivity index (χ3v) is 3.23. The molecule has 102 valence electrons. The van der Waals surface area contributed by atoms with Gasteiger partial charge in [-0.1, -0.05) is 17.7 Å². The molecule has 2 aromatic rings. The Morgan fingerprint density at radius 3 is 2.74 bits per heavy atom. The van der Waals surface area contributed by atoms with Crippen molar-refractivity contribution in [3.8, 4) is 0 Å². The van der Waals surface area contributed by atoms with E-state index in [1.807, 2.05) is 18.4 Å². The summed E-state index contributed by atoms with van der Waals surface area (Å²) in [5.41, 5.74) is 0.453. The fourth-order valence-corrected chi connectivity index (χ4v) is 2.18. The van der Waals surface area contributed by atoms with Crippen LogP contribution in [0.4, 0.5) is 10.3 Å². The van der Waals surface area contributed by atoms with Gasteiger partial charge < -0.3 is 5.32 Å². The third kappa shape index (κ3) is 2.87. The molecule has 0 spiro atoms. The monoisotopic (exact) mass is 282 g/mol. The van der Waals surface area contributed by atoms with Gasteiger partial charge in [0.1, 0.15) is 11.6 Å². The molecule has 0 amide bonds. The van der Waals surface area contributed by atoms with Gasteiger partial charge in [-0.15, -0.1) is 10.2 Å². The number of nitrogens with zero attached hydrogens (tertiary/aromatic N) is 3. The minimum Gasteiger partial charge on any atom is -0.355 e. The Hall–Kier alpha value is -1.62. The maximum atomic E-state index is 13.8. The van der Waals surface area contributed by atoms with Gasteiger partial charge >= 0.3 is 0 Å². The summed E-state index contributed by atoms with van der Waals surface area (Å²) in [6.07, 6.45) is 0.331. The highest BCUT2D eigenvalue weighted by atomic mass is 35.5. The fourth-order valence-electron chi connectivity index (χ4n) is 1.95. The zero-order chi connectivity index (χ0) is 13.8. The van der Waals surface area contributed by atoms with Crippen LogP contribution in [-0.2, 0) is 13.0 Å². The van der Waals surface area contributed by atoms with Crippen LogP contribution in [-0.4, -0.2) is 21.3 Å². The maximum Gasteiger partial charge on any atom is 0.224 e. The molecule has 1 heterocycles. The standard InChI is InChI=1S/C13H16ClFN4/c1-3-16-13-18-17-12(19(13)4-2)8-9-10(14)6-5-7-11(9)15/h5-7H,3-4,8H2,1-2H3,(H,16,18). The second-order valence-electron chi connectivity index (χ2n) is 4.09. The van der Waals surface area contributed by atoms with Gasteiger partial charge in [-0.2, -0.15) is 0 Å². The van der Waals surface area contributed by atoms with E-state index in [0.29, 0.717) is 28.8 Å². The number of halogens is 2. The van der Waals surface area contributed by atoms with Crippen molar-refractivity contribution >= 4 is 17.5 Å². The molecule has 1 N–H and O–H groups in total. The van der Waals surface area contributed by atoms with Crippen LogP contribution in [0.3, 0.4) is 0 Å². The van der Waals surface area contributed by atoms with Gasteiger partial charge in [-0.25, -0.2) is 4.39 Å². The van der Waals surface area contributed by atoms with E-state index in [1.54, 1.807) is 12.1 Å². The topological polar surface area (TPSA) is 42.7 Å². The summed E-state index contributed by atoms with van der Waals surface area (Å²) in [6, 6.07) is 4.67. The number of hydrogen-bond donors (Lipinski definition) is 1. The van der Waals surface area contributed by atoms with Crippen LogP contribution < -0.4 is 5.32 Å². The van der Waals surface area contributed by atoms with E-state index in [9.17, 15) is 4.39 Å². The van der Waals surface area contributed by atoms with Gasteiger partial charge in [0.25, 0.3) is 0 Å². The molecule has 0 aliphatic heterocycles. The number of hydrogen-bond acceptors (Lipinski definition) is 3. The smallest absolute Gasteiger partial charge is 0.224 e. The Morgan fingerprint density at radius 1 is 1.32 bits per heavy atom. The first-order chi connectivity index (χ1) is 9.17. The first-order valence-electron chi connectivity index (χ1n) is 6.26. The van der Waals surface area contributed by atoms with Crippen LogP contribution in [0.5, 0.6) is 0 Å². The lowest BCUT2D eigenvalue weighted by Gasteiger charge is -2.09. The lowest BCUT2D eigenvalue weighted by atomic mass is 10.1. The number of aromatic nitrogens is 3. The number of rotatable bonds is 5. The maximum absolute atomic E-state index is 13.8. The van der Waals surface area contributed by atoms with Gasteiger partial charge in [0.2, 0.25) is 5.95 Å². The quantitative estimate of drug-likeness (QED) is 0.916. The van der Waals surface area contributed by atoms with Crippen LogP contribution in [0.2, 0.25) is 5.02 Å². The Balaban J connectivity index is 2.33. The molecule has 2 rings (SSSR count). The molecule has 1 aromatic heterocycles. The second-order valence-corrected chi connectivity index (χ2v) is 4.50. The van der Waals surface area contributed by atoms with Crippen molar-refractivity contribution in [3.05, 3.63) is 40.4 Å². The van der Waals surface area contributed by atoms with Crippen LogP contribution in [0.25, 0.3) is 0 Å². The summed E-state index contributed by atoms with van der Waals surface area (Å²) in [6.45, 7) is 5.47. The minimum atomic E-state index is -0.317. The van der Waals surface area contributed by atoms with Crippen LogP contribution in [0, 0.1) is 5.82 Å². The number of anilines is 1. The lowest BCUT2D eigenvalue weighted by Crippen LogP contribution is -2.09. The van der Waals surface area contributed by atoms with Crippen LogP contribution in [0.15, 0.2) is 18.2 Å². The normalized spacial score (nSPS) is 10.7. The molecule has 0 atom stereocenters. The molecule has 1 aromatic carbocycles. The molecule has 0 saturated heterocycles. The lowest BCUT2D eigenvalue weighted by molar-refractivity contribution is 0.608. The fraction of sp³-hybridized carbons (Fsp3) is 0.385. The Morgan fingerprint density at radius 2 is 2.11 bits per heavy atom. The molecular weight excluding hydrogens is 267 g/mol. The SMILES string of the molecule is CCNc1nnc(Cc2c(F)cccc2Cl)n1CC. The van der Waals surface area contributed by atoms with E-state index >= 15 is 0 Å². The van der Waals surface area contributed by atoms with Gasteiger partial charge in [0, 0.05) is 30.1 Å². The van der Waals surface area contributed by atoms with E-state index in [1.165, 1.54) is 6.07 Å². The van der Waals surface area contributed by atoms with E-state index in [0.717, 1.165) is 13.1 Å². The predicted molar refractivity (Wildman–Crippen MR) is 74.1 cm³/mol. The number of nitrogens with one attached hydrogen (secondary N) is 1. The molecule has 0 saturated carbocycles. The summed E-state index contributed by atoms with van der Waals surface area (Å²) >= 11 is 6.03. The Labute approximate surface area is 116 Å². The zero-order valence-corrected chi connectivity index (χ0v) is 11.7. The minimum absolute atomic E-state index is 0.317. The zero-order valence-electron chi connectivity index (χ0n) is 11.0. The molecule has 0 aliphatic rings. The summed E-state index contributed by atoms with van der Waals surface area (Å²) < 4.78 is 15.7. The molecular formula is C13H16ClFN4. The van der Waals surface area contributed by atoms with Crippen LogP contribution in [0.1, 0.15) is 25.2 Å². The molecule has 6 heteroatoms. The number of benzene rings is 1. The molecule has 0 fully saturated rings. The molecule has 0 radical (unpaired) electrons. The first-order valence-corrected chi connectivity index (χ1v) is 6.64. The molecule has 0 aliphatic carbocycles. The highest BCUT2D eigenvalue weighted by Crippen LogP contribution is 2.22. The Kier molecular flexibility index (Phi) is 4.37. The summed E-state index contributed by atoms with van der Waals surface area (Å²) in [7, 11) is 0. The van der Waals surface area contributed by atoms with E-state index in [4.69, 9.17) is 11.6 Å². The molecule has 0 bridgehead atoms. The van der Waals surface area contributed by atoms with Crippen molar-refractivity contribution in [3.63, 3.8) is 0 Å². The van der Waals surface area contributed by atoms with Gasteiger partial charge in [-0.05, 0) is 26.0 Å². The van der Waals surface area contributed by atoms with E-state index in [2.05, 4.69) is 15.5 Å². The first kappa shape index (κ1) is 13.8. The van der Waals surface area contributed by atoms with Crippen molar-refractivity contribution in [2.45, 2.75) is 26.8 Å². The van der Waals surface area contributed by atoms with Gasteiger partial charge in [0.15, 0.2) is 0 Å². The Bertz CT molecular complexity index is 548. The van der Waals surface area contributed by atoms with E-state index in [-0.39, 0.29) is 5.82 Å². The molecule has 4 nitrogen and oxygen atoms in total. The van der Waals surface area contributed by atoms with Gasteiger partial charge in [-0.3, -0.25) is 4.57 Å². The van der Waals surface area contributed by atoms with E-state index < -0.39 is 0 Å². The van der Waals surface area contributed by atoms with Crippen molar-refractivity contribution in [1.29, 1.82) is 0 Å². The average Bonchev–Trinajstić information content (AvgIpc) is 2.76. The molecule has 0 unspecified atom stereocenters. The summed E-state index contributed by atoms with van der Waals surface area (Å²) in [5, 5.41) is 11.7. The summed E-state index contributed by atoms with van der Waals surface area (Å²) in [4.78, 5) is 0. The highest BCUT2D eigenvalue weighted by molar-refractivity contribution is 6.31. The average molecular weight is 283 g/mol. The van der Waals surface area contributed by atoms with Crippen LogP contribution >= 0.6 is 11.6 Å². The largest absolute Gasteiger partial charge is 0.355 e. The molecule has 19 heavy (non-hydrogen) atoms. The van der Waals surface area contributed by atoms with Crippen molar-refractivity contribution in [1.82, 2.24) is 14.8 Å². The highest BCUT2D eigenvalue weighted by Gasteiger charge is 2.14. The third-order valence-electron chi connectivity index (χ3n) is 2.88. The van der Waals surface area contributed by atoms with Gasteiger partial charge in [0.05, 0.1) is 0 Å². The van der Waals surface area contributed by atoms with Crippen molar-refractivity contribution in [2.24, 2.45) is 0 Å². The summed E-state index contributed by atoms with van der Waals surface area (Å²) in [5.74, 6) is 1.08.